The molecule has 0 aromatic heterocycles. The molecule has 2 aliphatic carbocycles. The fourth-order valence-corrected chi connectivity index (χ4v) is 7.83. The summed E-state index contributed by atoms with van der Waals surface area (Å²) in [5, 5.41) is 25.0. The Morgan fingerprint density at radius 3 is 2.30 bits per heavy atom. The summed E-state index contributed by atoms with van der Waals surface area (Å²) in [4.78, 5) is 12.4. The van der Waals surface area contributed by atoms with E-state index in [0.29, 0.717) is 25.0 Å². The van der Waals surface area contributed by atoms with Crippen LogP contribution in [0, 0.1) is 29.3 Å². The van der Waals surface area contributed by atoms with E-state index in [2.05, 4.69) is 10.6 Å². The van der Waals surface area contributed by atoms with Gasteiger partial charge in [0.15, 0.2) is 27.3 Å². The number of hydrogen-bond acceptors (Lipinski definition) is 6. The Balaban J connectivity index is 1.54. The molecule has 4 N–H and O–H groups in total. The monoisotopic (exact) mass is 560 g/mol. The largest absolute Gasteiger partial charge is 0.395 e. The molecule has 2 bridgehead atoms. The maximum atomic E-state index is 13.6. The average Bonchev–Trinajstić information content (AvgIpc) is 3.01. The normalized spacial score (nSPS) is 26.2. The van der Waals surface area contributed by atoms with E-state index in [4.69, 9.17) is 11.6 Å². The van der Waals surface area contributed by atoms with Crippen LogP contribution < -0.4 is 10.6 Å². The average molecular weight is 561 g/mol. The lowest BCUT2D eigenvalue weighted by Gasteiger charge is -2.43. The highest BCUT2D eigenvalue weighted by atomic mass is 35.5. The minimum Gasteiger partial charge on any atom is -0.395 e. The second kappa shape index (κ2) is 10.5. The summed E-state index contributed by atoms with van der Waals surface area (Å²) < 4.78 is 67.5. The summed E-state index contributed by atoms with van der Waals surface area (Å²) in [5.41, 5.74) is -1.54. The fourth-order valence-electron chi connectivity index (χ4n) is 5.43. The summed E-state index contributed by atoms with van der Waals surface area (Å²) in [7, 11) is -4.01. The highest BCUT2D eigenvalue weighted by Gasteiger charge is 2.55. The lowest BCUT2D eigenvalue weighted by atomic mass is 9.74. The van der Waals surface area contributed by atoms with Crippen molar-refractivity contribution >= 4 is 33.0 Å². The molecule has 2 aliphatic rings. The Morgan fingerprint density at radius 1 is 1.14 bits per heavy atom. The van der Waals surface area contributed by atoms with E-state index in [1.807, 2.05) is 0 Å². The second-order valence-corrected chi connectivity index (χ2v) is 12.5. The lowest BCUT2D eigenvalue weighted by Crippen LogP contribution is -2.55. The Morgan fingerprint density at radius 2 is 1.73 bits per heavy atom. The van der Waals surface area contributed by atoms with Gasteiger partial charge in [-0.15, -0.1) is 0 Å². The molecule has 12 heteroatoms. The van der Waals surface area contributed by atoms with Crippen molar-refractivity contribution in [2.24, 2.45) is 11.8 Å². The van der Waals surface area contributed by atoms with Crippen LogP contribution in [0.1, 0.15) is 43.0 Å². The molecule has 0 spiro atoms. The first kappa shape index (κ1) is 27.8. The summed E-state index contributed by atoms with van der Waals surface area (Å²) in [5.74, 6) is -6.04. The number of hydrogen-bond donors (Lipinski definition) is 4. The van der Waals surface area contributed by atoms with E-state index in [-0.39, 0.29) is 65.0 Å². The smallest absolute Gasteiger partial charge is 0.255 e. The maximum Gasteiger partial charge on any atom is 0.255 e. The van der Waals surface area contributed by atoms with Gasteiger partial charge in [-0.3, -0.25) is 4.79 Å². The molecule has 7 nitrogen and oxygen atoms in total. The number of aliphatic hydroxyl groups is 2. The van der Waals surface area contributed by atoms with Gasteiger partial charge >= 0.3 is 0 Å². The summed E-state index contributed by atoms with van der Waals surface area (Å²) in [6.07, 6.45) is 1.77. The van der Waals surface area contributed by atoms with Gasteiger partial charge in [0, 0.05) is 36.0 Å². The van der Waals surface area contributed by atoms with Gasteiger partial charge < -0.3 is 20.8 Å². The predicted molar refractivity (Wildman–Crippen MR) is 132 cm³/mol. The number of fused-ring (bicyclic) bond motifs is 2. The van der Waals surface area contributed by atoms with Crippen LogP contribution in [0.15, 0.2) is 35.2 Å². The van der Waals surface area contributed by atoms with Gasteiger partial charge in [0.05, 0.1) is 27.4 Å². The number of anilines is 1. The maximum absolute atomic E-state index is 13.6. The Bertz CT molecular complexity index is 1270. The zero-order chi connectivity index (χ0) is 27.1. The van der Waals surface area contributed by atoms with E-state index >= 15 is 0 Å². The highest BCUT2D eigenvalue weighted by molar-refractivity contribution is 7.92. The summed E-state index contributed by atoms with van der Waals surface area (Å²) in [6.45, 7) is 1.95. The minimum absolute atomic E-state index is 0.0814. The van der Waals surface area contributed by atoms with E-state index in [1.165, 1.54) is 12.1 Å². The number of amides is 1. The number of aliphatic hydroxyl groups excluding tert-OH is 1. The first-order valence-corrected chi connectivity index (χ1v) is 13.8. The van der Waals surface area contributed by atoms with Crippen molar-refractivity contribution in [1.82, 2.24) is 5.32 Å². The number of nitrogens with one attached hydrogen (secondary N) is 2. The van der Waals surface area contributed by atoms with Crippen LogP contribution in [0.5, 0.6) is 0 Å². The SMILES string of the molecule is CC(CO)NC[C@]1(O)C2CCC1C[C@@H](S(=O)(=O)c1cc(C(=O)Nc3cc(F)c(F)c(F)c3)ccc1Cl)C2. The molecule has 4 rings (SSSR count). The van der Waals surface area contributed by atoms with Gasteiger partial charge in [-0.1, -0.05) is 11.6 Å². The van der Waals surface area contributed by atoms with Gasteiger partial charge in [-0.25, -0.2) is 21.6 Å². The van der Waals surface area contributed by atoms with E-state index in [1.54, 1.807) is 6.92 Å². The van der Waals surface area contributed by atoms with Crippen molar-refractivity contribution in [3.05, 3.63) is 58.4 Å². The van der Waals surface area contributed by atoms with Crippen LogP contribution in [-0.2, 0) is 9.84 Å². The molecule has 3 atom stereocenters. The van der Waals surface area contributed by atoms with Crippen molar-refractivity contribution in [2.45, 2.75) is 54.4 Å². The quantitative estimate of drug-likeness (QED) is 0.366. The number of benzene rings is 2. The predicted octanol–water partition coefficient (Wildman–Crippen LogP) is 3.67. The first-order chi connectivity index (χ1) is 17.4. The molecule has 3 unspecified atom stereocenters. The molecule has 2 fully saturated rings. The molecule has 2 saturated carbocycles. The van der Waals surface area contributed by atoms with Crippen LogP contribution in [-0.4, -0.2) is 54.6 Å². The third-order valence-electron chi connectivity index (χ3n) is 7.56. The summed E-state index contributed by atoms with van der Waals surface area (Å²) >= 11 is 6.23. The van der Waals surface area contributed by atoms with E-state index < -0.39 is 44.0 Å². The van der Waals surface area contributed by atoms with Gasteiger partial charge in [-0.2, -0.15) is 0 Å². The van der Waals surface area contributed by atoms with Crippen molar-refractivity contribution in [3.63, 3.8) is 0 Å². The van der Waals surface area contributed by atoms with Crippen molar-refractivity contribution in [2.75, 3.05) is 18.5 Å². The van der Waals surface area contributed by atoms with Crippen LogP contribution in [0.3, 0.4) is 0 Å². The fraction of sp³-hybridized carbons (Fsp3) is 0.480. The molecular formula is C25H28ClF3N2O5S. The second-order valence-electron chi connectivity index (χ2n) is 9.92. The third kappa shape index (κ3) is 5.37. The van der Waals surface area contributed by atoms with Gasteiger partial charge in [0.25, 0.3) is 5.91 Å². The van der Waals surface area contributed by atoms with Crippen LogP contribution in [0.25, 0.3) is 0 Å². The molecule has 2 aromatic rings. The molecule has 0 heterocycles. The van der Waals surface area contributed by atoms with E-state index in [0.717, 1.165) is 6.07 Å². The summed E-state index contributed by atoms with van der Waals surface area (Å²) in [6, 6.07) is 4.64. The lowest BCUT2D eigenvalue weighted by molar-refractivity contribution is -0.0584. The Labute approximate surface area is 217 Å². The molecule has 202 valence electrons. The van der Waals surface area contributed by atoms with Gasteiger partial charge in [0.2, 0.25) is 0 Å². The number of carbonyl (C=O) groups is 1. The third-order valence-corrected chi connectivity index (χ3v) is 10.2. The van der Waals surface area contributed by atoms with Gasteiger partial charge in [0.1, 0.15) is 0 Å². The van der Waals surface area contributed by atoms with Gasteiger partial charge in [-0.05, 0) is 62.6 Å². The van der Waals surface area contributed by atoms with Crippen LogP contribution in [0.4, 0.5) is 18.9 Å². The number of carbonyl (C=O) groups excluding carboxylic acids is 1. The van der Waals surface area contributed by atoms with Crippen molar-refractivity contribution in [3.8, 4) is 0 Å². The molecule has 0 aliphatic heterocycles. The molecule has 0 saturated heterocycles. The molecule has 37 heavy (non-hydrogen) atoms. The Hall–Kier alpha value is -2.18. The minimum atomic E-state index is -4.01. The molecule has 1 amide bonds. The van der Waals surface area contributed by atoms with Crippen LogP contribution in [0.2, 0.25) is 5.02 Å². The standard InChI is InChI=1S/C25H28ClF3N2O5S/c1-13(11-32)30-12-25(34)15-3-4-16(25)8-18(7-15)37(35,36)22-6-14(2-5-19(22)26)24(33)31-17-9-20(27)23(29)21(28)10-17/h2,5-6,9-10,13,15-16,18,30,32,34H,3-4,7-8,11-12H2,1H3,(H,31,33)/t13?,15?,16?,18-,25-. The van der Waals surface area contributed by atoms with Crippen molar-refractivity contribution in [1.29, 1.82) is 0 Å². The Kier molecular flexibility index (Phi) is 7.92. The topological polar surface area (TPSA) is 116 Å². The molecule has 0 radical (unpaired) electrons. The number of rotatable bonds is 8. The highest BCUT2D eigenvalue weighted by Crippen LogP contribution is 2.52. The number of halogens is 4. The molecule has 2 aromatic carbocycles. The van der Waals surface area contributed by atoms with Crippen LogP contribution >= 0.6 is 11.6 Å². The first-order valence-electron chi connectivity index (χ1n) is 11.9. The van der Waals surface area contributed by atoms with Crippen molar-refractivity contribution < 1.29 is 36.6 Å². The zero-order valence-corrected chi connectivity index (χ0v) is 21.6. The number of sulfone groups is 1. The molecular weight excluding hydrogens is 533 g/mol. The zero-order valence-electron chi connectivity index (χ0n) is 20.0. The van der Waals surface area contributed by atoms with E-state index in [9.17, 15) is 36.6 Å².